The van der Waals surface area contributed by atoms with E-state index in [1.165, 1.54) is 61.0 Å². The number of hydrogen-bond acceptors (Lipinski definition) is 7. The Kier molecular flexibility index (Phi) is 9.41. The highest BCUT2D eigenvalue weighted by atomic mass is 32.2. The molecule has 2 aromatic heterocycles. The number of nitrogens with zero attached hydrogens (tertiary/aromatic N) is 3. The molecule has 0 atom stereocenters. The van der Waals surface area contributed by atoms with Crippen LogP contribution in [0.4, 0.5) is 14.5 Å². The predicted octanol–water partition coefficient (Wildman–Crippen LogP) is 7.51. The van der Waals surface area contributed by atoms with E-state index in [1.807, 2.05) is 20.1 Å². The SMILES string of the molecule is CC.COc1cc2nccc(Oc3ccc(NC(=O)c4cc(SC)n(-c5ccc(F)cc5)n4)c(F)c3)c2cc1OC. The first-order valence-electron chi connectivity index (χ1n) is 12.6. The van der Waals surface area contributed by atoms with Gasteiger partial charge in [0.25, 0.3) is 5.91 Å². The number of amides is 1. The lowest BCUT2D eigenvalue weighted by Gasteiger charge is -2.13. The monoisotopic (exact) mass is 578 g/mol. The second kappa shape index (κ2) is 13.1. The number of anilines is 1. The van der Waals surface area contributed by atoms with Crippen LogP contribution < -0.4 is 19.5 Å². The molecule has 0 aliphatic carbocycles. The van der Waals surface area contributed by atoms with Crippen LogP contribution in [0, 0.1) is 11.6 Å². The highest BCUT2D eigenvalue weighted by Gasteiger charge is 2.18. The lowest BCUT2D eigenvalue weighted by molar-refractivity contribution is 0.102. The summed E-state index contributed by atoms with van der Waals surface area (Å²) in [4.78, 5) is 17.2. The minimum atomic E-state index is -0.693. The van der Waals surface area contributed by atoms with E-state index < -0.39 is 11.7 Å². The molecule has 0 radical (unpaired) electrons. The van der Waals surface area contributed by atoms with Crippen LogP contribution in [-0.2, 0) is 0 Å². The highest BCUT2D eigenvalue weighted by Crippen LogP contribution is 2.37. The topological polar surface area (TPSA) is 87.5 Å². The first-order valence-corrected chi connectivity index (χ1v) is 13.8. The van der Waals surface area contributed by atoms with Crippen molar-refractivity contribution in [3.63, 3.8) is 0 Å². The Morgan fingerprint density at radius 2 is 1.61 bits per heavy atom. The number of methoxy groups -OCH3 is 2. The smallest absolute Gasteiger partial charge is 0.276 e. The van der Waals surface area contributed by atoms with Crippen molar-refractivity contribution in [1.82, 2.24) is 14.8 Å². The van der Waals surface area contributed by atoms with Gasteiger partial charge in [0.1, 0.15) is 28.2 Å². The Hall–Kier alpha value is -4.64. The molecule has 0 spiro atoms. The minimum Gasteiger partial charge on any atom is -0.493 e. The van der Waals surface area contributed by atoms with Crippen LogP contribution in [0.3, 0.4) is 0 Å². The molecule has 0 aliphatic heterocycles. The van der Waals surface area contributed by atoms with Crippen molar-refractivity contribution in [2.45, 2.75) is 18.9 Å². The first-order chi connectivity index (χ1) is 19.9. The molecule has 0 bridgehead atoms. The molecule has 8 nitrogen and oxygen atoms in total. The van der Waals surface area contributed by atoms with Gasteiger partial charge in [-0.3, -0.25) is 9.78 Å². The number of carbonyl (C=O) groups is 1. The van der Waals surface area contributed by atoms with Gasteiger partial charge in [-0.25, -0.2) is 13.5 Å². The van der Waals surface area contributed by atoms with Crippen molar-refractivity contribution in [2.24, 2.45) is 0 Å². The van der Waals surface area contributed by atoms with Gasteiger partial charge in [-0.1, -0.05) is 13.8 Å². The number of halogens is 2. The molecule has 0 aliphatic rings. The average molecular weight is 579 g/mol. The molecular formula is C30H28F2N4O4S. The summed E-state index contributed by atoms with van der Waals surface area (Å²) in [6, 6.07) is 16.5. The second-order valence-corrected chi connectivity index (χ2v) is 9.02. The number of carbonyl (C=O) groups excluding carboxylic acids is 1. The molecule has 41 heavy (non-hydrogen) atoms. The summed E-state index contributed by atoms with van der Waals surface area (Å²) >= 11 is 1.37. The molecule has 2 heterocycles. The summed E-state index contributed by atoms with van der Waals surface area (Å²) < 4.78 is 46.5. The standard InChI is InChI=1S/C28H22F2N4O4S.C2H6/c1-36-25-13-19-22(14-26(25)37-2)31-11-10-24(19)38-18-8-9-21(20(30)12-18)32-28(35)23-15-27(39-3)34(33-23)17-6-4-16(29)5-7-17;1-2/h4-15H,1-3H3,(H,32,35);1-2H3. The summed E-state index contributed by atoms with van der Waals surface area (Å²) in [6.07, 6.45) is 3.40. The molecule has 0 unspecified atom stereocenters. The number of pyridine rings is 1. The van der Waals surface area contributed by atoms with Crippen molar-refractivity contribution >= 4 is 34.3 Å². The quantitative estimate of drug-likeness (QED) is 0.191. The molecular weight excluding hydrogens is 550 g/mol. The van der Waals surface area contributed by atoms with Gasteiger partial charge in [0.05, 0.1) is 31.1 Å². The fourth-order valence-corrected chi connectivity index (χ4v) is 4.45. The van der Waals surface area contributed by atoms with E-state index in [-0.39, 0.29) is 22.9 Å². The maximum Gasteiger partial charge on any atom is 0.276 e. The maximum atomic E-state index is 15.0. The Morgan fingerprint density at radius 1 is 0.902 bits per heavy atom. The van der Waals surface area contributed by atoms with Crippen LogP contribution in [0.1, 0.15) is 24.3 Å². The van der Waals surface area contributed by atoms with Crippen molar-refractivity contribution < 1.29 is 27.8 Å². The number of thioether (sulfide) groups is 1. The summed E-state index contributed by atoms with van der Waals surface area (Å²) in [6.45, 7) is 4.00. The van der Waals surface area contributed by atoms with Crippen molar-refractivity contribution in [3.8, 4) is 28.7 Å². The van der Waals surface area contributed by atoms with E-state index in [2.05, 4.69) is 15.4 Å². The number of hydrogen-bond donors (Lipinski definition) is 1. The van der Waals surface area contributed by atoms with Crippen LogP contribution in [0.2, 0.25) is 0 Å². The molecule has 1 N–H and O–H groups in total. The Balaban J connectivity index is 0.00000189. The molecule has 212 valence electrons. The molecule has 0 fully saturated rings. The number of nitrogens with one attached hydrogen (secondary N) is 1. The number of ether oxygens (including phenoxy) is 3. The number of rotatable bonds is 8. The van der Waals surface area contributed by atoms with E-state index in [0.717, 1.165) is 0 Å². The normalized spacial score (nSPS) is 10.5. The fourth-order valence-electron chi connectivity index (χ4n) is 3.90. The number of aromatic nitrogens is 3. The van der Waals surface area contributed by atoms with Crippen LogP contribution in [0.5, 0.6) is 23.0 Å². The van der Waals surface area contributed by atoms with Gasteiger partial charge < -0.3 is 19.5 Å². The predicted molar refractivity (Wildman–Crippen MR) is 156 cm³/mol. The van der Waals surface area contributed by atoms with Gasteiger partial charge >= 0.3 is 0 Å². The van der Waals surface area contributed by atoms with Crippen LogP contribution >= 0.6 is 11.8 Å². The molecule has 1 amide bonds. The van der Waals surface area contributed by atoms with Crippen molar-refractivity contribution in [1.29, 1.82) is 0 Å². The lowest BCUT2D eigenvalue weighted by Crippen LogP contribution is -2.14. The lowest BCUT2D eigenvalue weighted by atomic mass is 10.2. The van der Waals surface area contributed by atoms with Gasteiger partial charge in [0.2, 0.25) is 0 Å². The van der Waals surface area contributed by atoms with E-state index in [4.69, 9.17) is 14.2 Å². The minimum absolute atomic E-state index is 0.0413. The third kappa shape index (κ3) is 6.41. The van der Waals surface area contributed by atoms with Gasteiger partial charge in [-0.15, -0.1) is 11.8 Å². The van der Waals surface area contributed by atoms with Crippen molar-refractivity contribution in [3.05, 3.63) is 90.3 Å². The Bertz CT molecular complexity index is 1680. The maximum absolute atomic E-state index is 15.0. The van der Waals surface area contributed by atoms with Crippen LogP contribution in [0.15, 0.2) is 78.0 Å². The Morgan fingerprint density at radius 3 is 2.27 bits per heavy atom. The average Bonchev–Trinajstić information content (AvgIpc) is 3.44. The van der Waals surface area contributed by atoms with Crippen molar-refractivity contribution in [2.75, 3.05) is 25.8 Å². The largest absolute Gasteiger partial charge is 0.493 e. The highest BCUT2D eigenvalue weighted by molar-refractivity contribution is 7.98. The molecule has 11 heteroatoms. The van der Waals surface area contributed by atoms with Gasteiger partial charge in [0.15, 0.2) is 17.2 Å². The third-order valence-corrected chi connectivity index (χ3v) is 6.52. The molecule has 5 aromatic rings. The molecule has 3 aromatic carbocycles. The van der Waals surface area contributed by atoms with E-state index in [1.54, 1.807) is 42.6 Å². The number of benzene rings is 3. The zero-order valence-corrected chi connectivity index (χ0v) is 23.9. The van der Waals surface area contributed by atoms with Gasteiger partial charge in [0, 0.05) is 29.8 Å². The molecule has 0 saturated carbocycles. The fraction of sp³-hybridized carbons (Fsp3) is 0.167. The molecule has 0 saturated heterocycles. The first kappa shape index (κ1) is 29.3. The Labute approximate surface area is 240 Å². The van der Waals surface area contributed by atoms with Gasteiger partial charge in [-0.05, 0) is 54.8 Å². The zero-order valence-electron chi connectivity index (χ0n) is 23.1. The van der Waals surface area contributed by atoms with E-state index >= 15 is 4.39 Å². The summed E-state index contributed by atoms with van der Waals surface area (Å²) in [7, 11) is 3.06. The van der Waals surface area contributed by atoms with Crippen LogP contribution in [0.25, 0.3) is 16.6 Å². The van der Waals surface area contributed by atoms with Gasteiger partial charge in [-0.2, -0.15) is 5.10 Å². The third-order valence-electron chi connectivity index (χ3n) is 5.81. The van der Waals surface area contributed by atoms with E-state index in [0.29, 0.717) is 38.9 Å². The zero-order chi connectivity index (χ0) is 29.5. The summed E-state index contributed by atoms with van der Waals surface area (Å²) in [5.74, 6) is 0.00797. The molecule has 5 rings (SSSR count). The van der Waals surface area contributed by atoms with E-state index in [9.17, 15) is 9.18 Å². The van der Waals surface area contributed by atoms with Crippen LogP contribution in [-0.4, -0.2) is 41.1 Å². The summed E-state index contributed by atoms with van der Waals surface area (Å²) in [5.41, 5.74) is 1.24. The number of fused-ring (bicyclic) bond motifs is 1. The summed E-state index contributed by atoms with van der Waals surface area (Å²) in [5, 5.41) is 8.18. The second-order valence-electron chi connectivity index (χ2n) is 8.19.